The molecular formula is C19H16ClF3N4O. The first-order valence-electron chi connectivity index (χ1n) is 8.44. The van der Waals surface area contributed by atoms with Crippen LogP contribution in [0.4, 0.5) is 18.9 Å². The lowest BCUT2D eigenvalue weighted by Crippen LogP contribution is -2.14. The van der Waals surface area contributed by atoms with E-state index in [1.807, 2.05) is 0 Å². The number of anilines is 1. The van der Waals surface area contributed by atoms with E-state index in [2.05, 4.69) is 15.4 Å². The maximum atomic E-state index is 12.8. The first kappa shape index (κ1) is 19.9. The zero-order valence-electron chi connectivity index (χ0n) is 14.6. The number of aromatic nitrogens is 3. The minimum absolute atomic E-state index is 0.152. The van der Waals surface area contributed by atoms with Gasteiger partial charge in [-0.1, -0.05) is 35.9 Å². The highest BCUT2D eigenvalue weighted by atomic mass is 35.5. The summed E-state index contributed by atoms with van der Waals surface area (Å²) in [5.74, 6) is -0.268. The fourth-order valence-electron chi connectivity index (χ4n) is 2.74. The third-order valence-corrected chi connectivity index (χ3v) is 4.34. The zero-order valence-corrected chi connectivity index (χ0v) is 15.3. The van der Waals surface area contributed by atoms with Crippen molar-refractivity contribution in [2.45, 2.75) is 25.4 Å². The summed E-state index contributed by atoms with van der Waals surface area (Å²) in [6.07, 6.45) is -0.638. The normalized spacial score (nSPS) is 11.4. The van der Waals surface area contributed by atoms with Crippen LogP contribution >= 0.6 is 11.6 Å². The van der Waals surface area contributed by atoms with Crippen LogP contribution in [0.1, 0.15) is 24.0 Å². The first-order valence-corrected chi connectivity index (χ1v) is 8.82. The summed E-state index contributed by atoms with van der Waals surface area (Å²) in [4.78, 5) is 16.2. The average molecular weight is 409 g/mol. The van der Waals surface area contributed by atoms with Crippen LogP contribution < -0.4 is 5.32 Å². The number of hydrogen-bond donors (Lipinski definition) is 1. The van der Waals surface area contributed by atoms with Crippen LogP contribution in [0.2, 0.25) is 5.02 Å². The van der Waals surface area contributed by atoms with Crippen molar-refractivity contribution in [3.8, 4) is 5.69 Å². The molecule has 0 aliphatic heterocycles. The van der Waals surface area contributed by atoms with Crippen molar-refractivity contribution in [2.24, 2.45) is 0 Å². The van der Waals surface area contributed by atoms with Crippen LogP contribution in [0, 0.1) is 0 Å². The summed E-state index contributed by atoms with van der Waals surface area (Å²) < 4.78 is 39.7. The quantitative estimate of drug-likeness (QED) is 0.631. The van der Waals surface area contributed by atoms with Gasteiger partial charge in [-0.15, -0.1) is 0 Å². The van der Waals surface area contributed by atoms with Crippen molar-refractivity contribution in [1.82, 2.24) is 14.8 Å². The third-order valence-electron chi connectivity index (χ3n) is 4.03. The fourth-order valence-corrected chi connectivity index (χ4v) is 3.00. The van der Waals surface area contributed by atoms with Gasteiger partial charge in [0.15, 0.2) is 0 Å². The van der Waals surface area contributed by atoms with Gasteiger partial charge in [-0.3, -0.25) is 4.79 Å². The molecule has 0 unspecified atom stereocenters. The number of carbonyl (C=O) groups excluding carboxylic acids is 1. The molecular weight excluding hydrogens is 393 g/mol. The fraction of sp³-hybridized carbons (Fsp3) is 0.211. The van der Waals surface area contributed by atoms with Gasteiger partial charge in [-0.2, -0.15) is 18.3 Å². The van der Waals surface area contributed by atoms with E-state index < -0.39 is 11.7 Å². The van der Waals surface area contributed by atoms with E-state index in [1.54, 1.807) is 24.3 Å². The standard InChI is InChI=1S/C19H16ClF3N4O/c20-15-7-3-8-16(18(15)27-12-24-11-25-27)26-17(28)9-2-5-13-4-1-6-14(10-13)19(21,22)23/h1,3-4,6-8,10-12H,2,5,9H2,(H,26,28). The van der Waals surface area contributed by atoms with E-state index in [1.165, 1.54) is 23.4 Å². The zero-order chi connectivity index (χ0) is 20.1. The number of alkyl halides is 3. The lowest BCUT2D eigenvalue weighted by Gasteiger charge is -2.12. The number of nitrogens with zero attached hydrogens (tertiary/aromatic N) is 3. The minimum atomic E-state index is -4.38. The first-order chi connectivity index (χ1) is 13.3. The maximum absolute atomic E-state index is 12.8. The number of benzene rings is 2. The molecule has 0 spiro atoms. The summed E-state index contributed by atoms with van der Waals surface area (Å²) in [5.41, 5.74) is 0.814. The molecule has 0 aliphatic rings. The van der Waals surface area contributed by atoms with Gasteiger partial charge in [0.2, 0.25) is 5.91 Å². The number of amides is 1. The molecule has 1 amide bonds. The topological polar surface area (TPSA) is 59.8 Å². The van der Waals surface area contributed by atoms with Gasteiger partial charge < -0.3 is 5.32 Å². The predicted octanol–water partition coefficient (Wildman–Crippen LogP) is 4.90. The van der Waals surface area contributed by atoms with Crippen molar-refractivity contribution < 1.29 is 18.0 Å². The monoisotopic (exact) mass is 408 g/mol. The van der Waals surface area contributed by atoms with Crippen LogP contribution in [-0.4, -0.2) is 20.7 Å². The summed E-state index contributed by atoms with van der Waals surface area (Å²) in [6, 6.07) is 10.2. The van der Waals surface area contributed by atoms with E-state index in [0.717, 1.165) is 12.1 Å². The number of nitrogens with one attached hydrogen (secondary N) is 1. The Hall–Kier alpha value is -2.87. The van der Waals surface area contributed by atoms with E-state index in [0.29, 0.717) is 34.8 Å². The molecule has 0 fully saturated rings. The van der Waals surface area contributed by atoms with E-state index in [-0.39, 0.29) is 12.3 Å². The van der Waals surface area contributed by atoms with Crippen LogP contribution in [0.5, 0.6) is 0 Å². The molecule has 0 atom stereocenters. The number of aryl methyl sites for hydroxylation is 1. The molecule has 146 valence electrons. The molecule has 1 aromatic heterocycles. The minimum Gasteiger partial charge on any atom is -0.324 e. The number of hydrogen-bond acceptors (Lipinski definition) is 3. The van der Waals surface area contributed by atoms with Crippen molar-refractivity contribution in [2.75, 3.05) is 5.32 Å². The Morgan fingerprint density at radius 1 is 1.18 bits per heavy atom. The van der Waals surface area contributed by atoms with Crippen LogP contribution in [-0.2, 0) is 17.4 Å². The lowest BCUT2D eigenvalue weighted by molar-refractivity contribution is -0.137. The van der Waals surface area contributed by atoms with Gasteiger partial charge in [-0.25, -0.2) is 9.67 Å². The van der Waals surface area contributed by atoms with Gasteiger partial charge in [0.25, 0.3) is 0 Å². The molecule has 0 aliphatic carbocycles. The summed E-state index contributed by atoms with van der Waals surface area (Å²) in [5, 5.41) is 7.19. The van der Waals surface area contributed by atoms with Gasteiger partial charge in [0.05, 0.1) is 16.3 Å². The largest absolute Gasteiger partial charge is 0.416 e. The van der Waals surface area contributed by atoms with Crippen LogP contribution in [0.25, 0.3) is 5.69 Å². The predicted molar refractivity (Wildman–Crippen MR) is 99.4 cm³/mol. The third kappa shape index (κ3) is 4.89. The van der Waals surface area contributed by atoms with Gasteiger partial charge in [0, 0.05) is 6.42 Å². The average Bonchev–Trinajstić information content (AvgIpc) is 3.15. The van der Waals surface area contributed by atoms with E-state index >= 15 is 0 Å². The molecule has 1 heterocycles. The van der Waals surface area contributed by atoms with Crippen molar-refractivity contribution in [3.05, 3.63) is 71.3 Å². The molecule has 0 saturated carbocycles. The van der Waals surface area contributed by atoms with Crippen LogP contribution in [0.3, 0.4) is 0 Å². The Morgan fingerprint density at radius 2 is 1.96 bits per heavy atom. The maximum Gasteiger partial charge on any atom is 0.416 e. The second kappa shape index (κ2) is 8.43. The van der Waals surface area contributed by atoms with E-state index in [4.69, 9.17) is 11.6 Å². The Labute approximate surface area is 164 Å². The molecule has 1 N–H and O–H groups in total. The number of para-hydroxylation sites is 1. The number of carbonyl (C=O) groups is 1. The Kier molecular flexibility index (Phi) is 5.99. The van der Waals surface area contributed by atoms with Crippen molar-refractivity contribution >= 4 is 23.2 Å². The highest BCUT2D eigenvalue weighted by Crippen LogP contribution is 2.30. The molecule has 0 bridgehead atoms. The molecule has 5 nitrogen and oxygen atoms in total. The molecule has 0 radical (unpaired) electrons. The summed E-state index contributed by atoms with van der Waals surface area (Å²) >= 11 is 6.21. The van der Waals surface area contributed by atoms with Gasteiger partial charge in [-0.05, 0) is 36.6 Å². The smallest absolute Gasteiger partial charge is 0.324 e. The molecule has 3 aromatic rings. The Bertz CT molecular complexity index is 958. The van der Waals surface area contributed by atoms with Crippen molar-refractivity contribution in [1.29, 1.82) is 0 Å². The van der Waals surface area contributed by atoms with Gasteiger partial charge in [0.1, 0.15) is 18.3 Å². The molecule has 3 rings (SSSR count). The molecule has 2 aromatic carbocycles. The molecule has 9 heteroatoms. The second-order valence-corrected chi connectivity index (χ2v) is 6.48. The van der Waals surface area contributed by atoms with E-state index in [9.17, 15) is 18.0 Å². The molecule has 0 saturated heterocycles. The van der Waals surface area contributed by atoms with Crippen molar-refractivity contribution in [3.63, 3.8) is 0 Å². The SMILES string of the molecule is O=C(CCCc1cccc(C(F)(F)F)c1)Nc1cccc(Cl)c1-n1cncn1. The summed E-state index contributed by atoms with van der Waals surface area (Å²) in [6.45, 7) is 0. The number of rotatable bonds is 6. The highest BCUT2D eigenvalue weighted by molar-refractivity contribution is 6.33. The second-order valence-electron chi connectivity index (χ2n) is 6.08. The highest BCUT2D eigenvalue weighted by Gasteiger charge is 2.30. The Morgan fingerprint density at radius 3 is 2.68 bits per heavy atom. The summed E-state index contributed by atoms with van der Waals surface area (Å²) in [7, 11) is 0. The lowest BCUT2D eigenvalue weighted by atomic mass is 10.0. The Balaban J connectivity index is 1.61. The molecule has 28 heavy (non-hydrogen) atoms. The van der Waals surface area contributed by atoms with Crippen LogP contribution in [0.15, 0.2) is 55.1 Å². The van der Waals surface area contributed by atoms with Gasteiger partial charge >= 0.3 is 6.18 Å². The number of halogens is 4.